The molecule has 0 aliphatic heterocycles. The average molecular weight is 171 g/mol. The van der Waals surface area contributed by atoms with E-state index in [4.69, 9.17) is 5.41 Å². The van der Waals surface area contributed by atoms with Crippen molar-refractivity contribution in [3.8, 4) is 5.75 Å². The Kier molecular flexibility index (Phi) is 1.70. The maximum atomic E-state index is 9.43. The summed E-state index contributed by atoms with van der Waals surface area (Å²) < 4.78 is 0. The van der Waals surface area contributed by atoms with Crippen LogP contribution in [0.3, 0.4) is 0 Å². The molecule has 0 spiro atoms. The van der Waals surface area contributed by atoms with E-state index in [0.717, 1.165) is 11.6 Å². The number of pyridine rings is 1. The Bertz CT molecular complexity index is 465. The SMILES string of the molecule is [N]=Cc1ccc2cccc(O)c2n1. The number of aromatic nitrogens is 1. The molecule has 0 aliphatic carbocycles. The Balaban J connectivity index is 2.81. The fourth-order valence-electron chi connectivity index (χ4n) is 1.22. The van der Waals surface area contributed by atoms with Gasteiger partial charge in [-0.25, -0.2) is 4.98 Å². The van der Waals surface area contributed by atoms with Crippen molar-refractivity contribution in [1.82, 2.24) is 10.4 Å². The van der Waals surface area contributed by atoms with Crippen LogP contribution in [-0.4, -0.2) is 16.3 Å². The third kappa shape index (κ3) is 1.24. The van der Waals surface area contributed by atoms with E-state index in [1.807, 2.05) is 6.07 Å². The first-order chi connectivity index (χ1) is 6.31. The number of rotatable bonds is 1. The highest BCUT2D eigenvalue weighted by Gasteiger charge is 2.00. The summed E-state index contributed by atoms with van der Waals surface area (Å²) in [7, 11) is 0. The van der Waals surface area contributed by atoms with Gasteiger partial charge in [0.1, 0.15) is 11.3 Å². The predicted molar refractivity (Wildman–Crippen MR) is 50.7 cm³/mol. The van der Waals surface area contributed by atoms with Crippen molar-refractivity contribution in [2.75, 3.05) is 0 Å². The van der Waals surface area contributed by atoms with Crippen molar-refractivity contribution in [3.05, 3.63) is 36.0 Å². The number of hydrogen-bond donors (Lipinski definition) is 1. The molecule has 0 bridgehead atoms. The minimum atomic E-state index is 0.126. The second kappa shape index (κ2) is 2.86. The van der Waals surface area contributed by atoms with E-state index < -0.39 is 0 Å². The van der Waals surface area contributed by atoms with Gasteiger partial charge < -0.3 is 5.11 Å². The average Bonchev–Trinajstić information content (AvgIpc) is 2.18. The van der Waals surface area contributed by atoms with E-state index in [2.05, 4.69) is 4.98 Å². The monoisotopic (exact) mass is 171 g/mol. The molecule has 13 heavy (non-hydrogen) atoms. The third-order valence-electron chi connectivity index (χ3n) is 1.85. The zero-order valence-corrected chi connectivity index (χ0v) is 6.81. The quantitative estimate of drug-likeness (QED) is 0.654. The van der Waals surface area contributed by atoms with Crippen LogP contribution < -0.4 is 5.41 Å². The van der Waals surface area contributed by atoms with E-state index in [1.54, 1.807) is 24.3 Å². The Morgan fingerprint density at radius 3 is 2.85 bits per heavy atom. The summed E-state index contributed by atoms with van der Waals surface area (Å²) in [5.41, 5.74) is 0.944. The fraction of sp³-hybridized carbons (Fsp3) is 0. The maximum Gasteiger partial charge on any atom is 0.141 e. The first kappa shape index (κ1) is 7.73. The van der Waals surface area contributed by atoms with Crippen LogP contribution in [0, 0.1) is 0 Å². The highest BCUT2D eigenvalue weighted by molar-refractivity contribution is 5.87. The highest BCUT2D eigenvalue weighted by Crippen LogP contribution is 2.21. The molecule has 0 saturated carbocycles. The summed E-state index contributed by atoms with van der Waals surface area (Å²) in [5.74, 6) is 0.126. The van der Waals surface area contributed by atoms with Crippen LogP contribution >= 0.6 is 0 Å². The van der Waals surface area contributed by atoms with Crippen molar-refractivity contribution < 1.29 is 5.11 Å². The minimum absolute atomic E-state index is 0.126. The molecule has 1 radical (unpaired) electrons. The zero-order valence-electron chi connectivity index (χ0n) is 6.81. The molecule has 1 aromatic carbocycles. The number of hydrogen-bond acceptors (Lipinski definition) is 2. The maximum absolute atomic E-state index is 9.43. The second-order valence-electron chi connectivity index (χ2n) is 2.71. The Labute approximate surface area is 75.2 Å². The number of fused-ring (bicyclic) bond motifs is 1. The van der Waals surface area contributed by atoms with Gasteiger partial charge in [0.15, 0.2) is 0 Å². The van der Waals surface area contributed by atoms with Gasteiger partial charge >= 0.3 is 0 Å². The van der Waals surface area contributed by atoms with Crippen LogP contribution in [0.25, 0.3) is 10.9 Å². The molecule has 0 unspecified atom stereocenters. The smallest absolute Gasteiger partial charge is 0.141 e. The van der Waals surface area contributed by atoms with Gasteiger partial charge in [0, 0.05) is 5.39 Å². The third-order valence-corrected chi connectivity index (χ3v) is 1.85. The predicted octanol–water partition coefficient (Wildman–Crippen LogP) is 1.16. The number of para-hydroxylation sites is 1. The number of aromatic hydroxyl groups is 1. The molecular weight excluding hydrogens is 164 g/mol. The number of nitrogens with zero attached hydrogens (tertiary/aromatic N) is 2. The Morgan fingerprint density at radius 1 is 1.23 bits per heavy atom. The Morgan fingerprint density at radius 2 is 2.08 bits per heavy atom. The van der Waals surface area contributed by atoms with Crippen LogP contribution in [0.4, 0.5) is 0 Å². The minimum Gasteiger partial charge on any atom is -0.506 e. The molecule has 3 nitrogen and oxygen atoms in total. The standard InChI is InChI=1S/C10H7N2O/c11-6-8-5-4-7-2-1-3-9(13)10(7)12-8/h1-6,13H. The van der Waals surface area contributed by atoms with E-state index in [1.165, 1.54) is 0 Å². The van der Waals surface area contributed by atoms with Crippen LogP contribution in [0.15, 0.2) is 30.3 Å². The largest absolute Gasteiger partial charge is 0.506 e. The molecule has 0 amide bonds. The van der Waals surface area contributed by atoms with Crippen LogP contribution in [0.5, 0.6) is 5.75 Å². The molecular formula is C10H7N2O. The van der Waals surface area contributed by atoms with E-state index in [9.17, 15) is 5.11 Å². The lowest BCUT2D eigenvalue weighted by molar-refractivity contribution is 0.480. The van der Waals surface area contributed by atoms with E-state index >= 15 is 0 Å². The molecule has 3 heteroatoms. The van der Waals surface area contributed by atoms with Gasteiger partial charge in [0.05, 0.1) is 11.9 Å². The van der Waals surface area contributed by atoms with Gasteiger partial charge in [0.25, 0.3) is 0 Å². The molecule has 1 N–H and O–H groups in total. The van der Waals surface area contributed by atoms with Gasteiger partial charge in [-0.05, 0) is 12.1 Å². The lowest BCUT2D eigenvalue weighted by atomic mass is 10.2. The highest BCUT2D eigenvalue weighted by atomic mass is 16.3. The normalized spacial score (nSPS) is 10.2. The van der Waals surface area contributed by atoms with Gasteiger partial charge in [0.2, 0.25) is 0 Å². The summed E-state index contributed by atoms with van der Waals surface area (Å²) >= 11 is 0. The van der Waals surface area contributed by atoms with Crippen molar-refractivity contribution in [1.29, 1.82) is 0 Å². The van der Waals surface area contributed by atoms with Gasteiger partial charge in [-0.2, -0.15) is 5.41 Å². The van der Waals surface area contributed by atoms with Crippen molar-refractivity contribution in [2.45, 2.75) is 0 Å². The lowest BCUT2D eigenvalue weighted by Gasteiger charge is -1.99. The molecule has 1 aromatic heterocycles. The summed E-state index contributed by atoms with van der Waals surface area (Å²) in [6.07, 6.45) is 0.909. The number of phenols is 1. The molecule has 0 fully saturated rings. The van der Waals surface area contributed by atoms with Crippen LogP contribution in [0.1, 0.15) is 5.69 Å². The van der Waals surface area contributed by atoms with Crippen LogP contribution in [0.2, 0.25) is 0 Å². The van der Waals surface area contributed by atoms with E-state index in [-0.39, 0.29) is 5.75 Å². The summed E-state index contributed by atoms with van der Waals surface area (Å²) in [6, 6.07) is 8.65. The Hall–Kier alpha value is -1.90. The van der Waals surface area contributed by atoms with Gasteiger partial charge in [-0.1, -0.05) is 18.2 Å². The second-order valence-corrected chi connectivity index (χ2v) is 2.71. The first-order valence-electron chi connectivity index (χ1n) is 3.87. The molecule has 2 aromatic rings. The summed E-state index contributed by atoms with van der Waals surface area (Å²) in [4.78, 5) is 4.04. The zero-order chi connectivity index (χ0) is 9.26. The first-order valence-corrected chi connectivity index (χ1v) is 3.87. The lowest BCUT2D eigenvalue weighted by Crippen LogP contribution is -1.88. The van der Waals surface area contributed by atoms with Gasteiger partial charge in [-0.3, -0.25) is 0 Å². The number of benzene rings is 1. The molecule has 2 rings (SSSR count). The topological polar surface area (TPSA) is 55.4 Å². The molecule has 0 atom stereocenters. The van der Waals surface area contributed by atoms with Crippen LogP contribution in [-0.2, 0) is 0 Å². The van der Waals surface area contributed by atoms with Crippen molar-refractivity contribution >= 4 is 17.1 Å². The number of phenolic OH excluding ortho intramolecular Hbond substituents is 1. The molecule has 0 saturated heterocycles. The summed E-state index contributed by atoms with van der Waals surface area (Å²) in [5, 5.41) is 19.0. The van der Waals surface area contributed by atoms with Crippen molar-refractivity contribution in [2.24, 2.45) is 0 Å². The summed E-state index contributed by atoms with van der Waals surface area (Å²) in [6.45, 7) is 0. The van der Waals surface area contributed by atoms with E-state index in [0.29, 0.717) is 11.2 Å². The molecule has 63 valence electrons. The molecule has 1 heterocycles. The van der Waals surface area contributed by atoms with Crippen molar-refractivity contribution in [3.63, 3.8) is 0 Å². The molecule has 0 aliphatic rings. The fourth-order valence-corrected chi connectivity index (χ4v) is 1.22. The van der Waals surface area contributed by atoms with Gasteiger partial charge in [-0.15, -0.1) is 0 Å².